The molecular weight excluding hydrogens is 369 g/mol. The molecule has 0 aromatic heterocycles. The third-order valence-electron chi connectivity index (χ3n) is 3.91. The van der Waals surface area contributed by atoms with Crippen molar-refractivity contribution in [2.75, 3.05) is 6.54 Å². The maximum atomic E-state index is 2.49. The minimum absolute atomic E-state index is 0.409. The Balaban J connectivity index is 1.61. The molecule has 0 radical (unpaired) electrons. The second-order valence-electron chi connectivity index (χ2n) is 5.94. The second-order valence-corrected chi connectivity index (χ2v) is 8.00. The SMILES string of the molecule is C(=C/[Se]c1ccccc1)/CN(Cc1ccccc1)Cc1ccccc1. The number of rotatable bonds is 8. The summed E-state index contributed by atoms with van der Waals surface area (Å²) in [7, 11) is 0. The predicted molar refractivity (Wildman–Crippen MR) is 108 cm³/mol. The molecule has 0 aliphatic carbocycles. The molecule has 0 atom stereocenters. The van der Waals surface area contributed by atoms with Gasteiger partial charge >= 0.3 is 157 Å². The zero-order chi connectivity index (χ0) is 17.2. The van der Waals surface area contributed by atoms with Gasteiger partial charge < -0.3 is 0 Å². The van der Waals surface area contributed by atoms with Crippen LogP contribution >= 0.6 is 0 Å². The van der Waals surface area contributed by atoms with Crippen LogP contribution in [0.2, 0.25) is 0 Å². The molecule has 0 aliphatic rings. The summed E-state index contributed by atoms with van der Waals surface area (Å²) in [6.07, 6.45) is 2.32. The number of benzene rings is 3. The first-order chi connectivity index (χ1) is 12.4. The summed E-state index contributed by atoms with van der Waals surface area (Å²) in [4.78, 5) is 4.83. The van der Waals surface area contributed by atoms with Crippen molar-refractivity contribution in [3.8, 4) is 0 Å². The van der Waals surface area contributed by atoms with E-state index in [4.69, 9.17) is 0 Å². The van der Waals surface area contributed by atoms with E-state index in [-0.39, 0.29) is 0 Å². The van der Waals surface area contributed by atoms with Crippen molar-refractivity contribution >= 4 is 19.4 Å². The Bertz CT molecular complexity index is 712. The Morgan fingerprint density at radius 2 is 1.12 bits per heavy atom. The van der Waals surface area contributed by atoms with Crippen LogP contribution in [0.25, 0.3) is 0 Å². The van der Waals surface area contributed by atoms with E-state index in [0.29, 0.717) is 15.0 Å². The zero-order valence-electron chi connectivity index (χ0n) is 14.3. The van der Waals surface area contributed by atoms with Crippen molar-refractivity contribution in [1.29, 1.82) is 0 Å². The Labute approximate surface area is 157 Å². The average molecular weight is 392 g/mol. The zero-order valence-corrected chi connectivity index (χ0v) is 16.0. The predicted octanol–water partition coefficient (Wildman–Crippen LogP) is 4.23. The van der Waals surface area contributed by atoms with Crippen molar-refractivity contribution < 1.29 is 0 Å². The van der Waals surface area contributed by atoms with Crippen molar-refractivity contribution in [3.05, 3.63) is 113 Å². The first kappa shape index (κ1) is 17.7. The van der Waals surface area contributed by atoms with Gasteiger partial charge in [0.25, 0.3) is 0 Å². The molecule has 1 nitrogen and oxygen atoms in total. The molecule has 0 fully saturated rings. The van der Waals surface area contributed by atoms with Gasteiger partial charge in [0.05, 0.1) is 0 Å². The van der Waals surface area contributed by atoms with E-state index in [0.717, 1.165) is 19.6 Å². The van der Waals surface area contributed by atoms with Crippen molar-refractivity contribution in [2.24, 2.45) is 0 Å². The molecule has 2 heteroatoms. The fourth-order valence-corrected chi connectivity index (χ4v) is 4.06. The summed E-state index contributed by atoms with van der Waals surface area (Å²) >= 11 is 0.409. The number of nitrogens with zero attached hydrogens (tertiary/aromatic N) is 1. The standard InChI is InChI=1S/C23H23NSe/c1-4-11-21(12-5-1)19-24(20-22-13-6-2-7-14-22)17-10-18-25-23-15-8-3-9-16-23/h1-16,18H,17,19-20H2/b18-10-. The Morgan fingerprint density at radius 3 is 1.64 bits per heavy atom. The molecule has 0 aliphatic heterocycles. The number of hydrogen-bond donors (Lipinski definition) is 0. The van der Waals surface area contributed by atoms with Crippen LogP contribution in [0.1, 0.15) is 11.1 Å². The van der Waals surface area contributed by atoms with E-state index in [2.05, 4.69) is 107 Å². The molecular formula is C23H23NSe. The van der Waals surface area contributed by atoms with Crippen molar-refractivity contribution in [3.63, 3.8) is 0 Å². The van der Waals surface area contributed by atoms with Gasteiger partial charge in [-0.25, -0.2) is 0 Å². The molecule has 0 heterocycles. The first-order valence-electron chi connectivity index (χ1n) is 8.57. The van der Waals surface area contributed by atoms with Crippen LogP contribution < -0.4 is 4.46 Å². The molecule has 3 aromatic rings. The quantitative estimate of drug-likeness (QED) is 0.519. The topological polar surface area (TPSA) is 3.24 Å². The Hall–Kier alpha value is -2.12. The van der Waals surface area contributed by atoms with Gasteiger partial charge in [-0.3, -0.25) is 0 Å². The van der Waals surface area contributed by atoms with Gasteiger partial charge in [-0.2, -0.15) is 0 Å². The van der Waals surface area contributed by atoms with Gasteiger partial charge in [0, 0.05) is 0 Å². The van der Waals surface area contributed by atoms with E-state index in [9.17, 15) is 0 Å². The van der Waals surface area contributed by atoms with E-state index >= 15 is 0 Å². The first-order valence-corrected chi connectivity index (χ1v) is 10.4. The van der Waals surface area contributed by atoms with E-state index < -0.39 is 0 Å². The van der Waals surface area contributed by atoms with Crippen LogP contribution in [0.4, 0.5) is 0 Å². The second kappa shape index (κ2) is 10.0. The van der Waals surface area contributed by atoms with Gasteiger partial charge in [-0.1, -0.05) is 0 Å². The summed E-state index contributed by atoms with van der Waals surface area (Å²) in [6.45, 7) is 2.91. The molecule has 25 heavy (non-hydrogen) atoms. The summed E-state index contributed by atoms with van der Waals surface area (Å²) in [6, 6.07) is 32.1. The summed E-state index contributed by atoms with van der Waals surface area (Å²) in [5, 5.41) is 0. The van der Waals surface area contributed by atoms with Gasteiger partial charge in [-0.05, 0) is 0 Å². The van der Waals surface area contributed by atoms with Crippen LogP contribution in [0.5, 0.6) is 0 Å². The van der Waals surface area contributed by atoms with Crippen LogP contribution in [0.3, 0.4) is 0 Å². The molecule has 0 unspecified atom stereocenters. The Morgan fingerprint density at radius 1 is 0.640 bits per heavy atom. The molecule has 0 N–H and O–H groups in total. The average Bonchev–Trinajstić information content (AvgIpc) is 2.67. The van der Waals surface area contributed by atoms with Crippen LogP contribution in [-0.4, -0.2) is 26.4 Å². The summed E-state index contributed by atoms with van der Waals surface area (Å²) in [5.74, 6) is 0. The normalized spacial score (nSPS) is 11.2. The molecule has 0 saturated carbocycles. The van der Waals surface area contributed by atoms with E-state index in [1.165, 1.54) is 15.6 Å². The number of hydrogen-bond acceptors (Lipinski definition) is 1. The minimum atomic E-state index is 0.409. The van der Waals surface area contributed by atoms with Crippen molar-refractivity contribution in [2.45, 2.75) is 13.1 Å². The van der Waals surface area contributed by atoms with Crippen LogP contribution in [0.15, 0.2) is 102 Å². The van der Waals surface area contributed by atoms with Crippen LogP contribution in [-0.2, 0) is 13.1 Å². The molecule has 126 valence electrons. The summed E-state index contributed by atoms with van der Waals surface area (Å²) in [5.41, 5.74) is 2.72. The van der Waals surface area contributed by atoms with Gasteiger partial charge in [0.2, 0.25) is 0 Å². The van der Waals surface area contributed by atoms with Crippen molar-refractivity contribution in [1.82, 2.24) is 4.90 Å². The van der Waals surface area contributed by atoms with E-state index in [1.807, 2.05) is 0 Å². The third kappa shape index (κ3) is 6.36. The summed E-state index contributed by atoms with van der Waals surface area (Å²) < 4.78 is 1.42. The fourth-order valence-electron chi connectivity index (χ4n) is 2.69. The monoisotopic (exact) mass is 393 g/mol. The molecule has 3 aromatic carbocycles. The van der Waals surface area contributed by atoms with Gasteiger partial charge in [0.1, 0.15) is 0 Å². The molecule has 0 spiro atoms. The maximum absolute atomic E-state index is 2.49. The molecule has 0 bridgehead atoms. The molecule has 0 amide bonds. The van der Waals surface area contributed by atoms with Gasteiger partial charge in [-0.15, -0.1) is 0 Å². The third-order valence-corrected chi connectivity index (χ3v) is 5.74. The van der Waals surface area contributed by atoms with E-state index in [1.54, 1.807) is 0 Å². The fraction of sp³-hybridized carbons (Fsp3) is 0.130. The molecule has 3 rings (SSSR count). The Kier molecular flexibility index (Phi) is 7.08. The molecule has 0 saturated heterocycles. The van der Waals surface area contributed by atoms with Crippen LogP contribution in [0, 0.1) is 0 Å². The van der Waals surface area contributed by atoms with Gasteiger partial charge in [0.15, 0.2) is 0 Å².